The van der Waals surface area contributed by atoms with E-state index >= 15 is 0 Å². The zero-order valence-corrected chi connectivity index (χ0v) is 11.3. The molecule has 0 aliphatic heterocycles. The van der Waals surface area contributed by atoms with Crippen LogP contribution in [-0.4, -0.2) is 39.9 Å². The van der Waals surface area contributed by atoms with Crippen LogP contribution in [-0.2, 0) is 10.2 Å². The van der Waals surface area contributed by atoms with Crippen LogP contribution in [0.3, 0.4) is 0 Å². The molecule has 5 nitrogen and oxygen atoms in total. The van der Waals surface area contributed by atoms with E-state index in [9.17, 15) is 12.8 Å². The molecule has 0 bridgehead atoms. The van der Waals surface area contributed by atoms with E-state index in [1.54, 1.807) is 0 Å². The van der Waals surface area contributed by atoms with Gasteiger partial charge in [-0.05, 0) is 44.3 Å². The van der Waals surface area contributed by atoms with Crippen LogP contribution in [0.4, 0.5) is 10.1 Å². The van der Waals surface area contributed by atoms with E-state index in [0.717, 1.165) is 13.0 Å². The first-order valence-corrected chi connectivity index (χ1v) is 7.04. The van der Waals surface area contributed by atoms with Gasteiger partial charge in [-0.2, -0.15) is 12.7 Å². The molecule has 7 heteroatoms. The van der Waals surface area contributed by atoms with Crippen LogP contribution in [0, 0.1) is 5.82 Å². The largest absolute Gasteiger partial charge is 0.320 e. The van der Waals surface area contributed by atoms with Crippen molar-refractivity contribution in [2.75, 3.05) is 31.9 Å². The van der Waals surface area contributed by atoms with Gasteiger partial charge >= 0.3 is 10.2 Å². The van der Waals surface area contributed by atoms with Gasteiger partial charge in [-0.1, -0.05) is 0 Å². The molecule has 0 aromatic heterocycles. The molecule has 0 atom stereocenters. The van der Waals surface area contributed by atoms with Gasteiger partial charge in [0.25, 0.3) is 0 Å². The Bertz CT molecular complexity index is 462. The van der Waals surface area contributed by atoms with Crippen LogP contribution in [0.5, 0.6) is 0 Å². The van der Waals surface area contributed by atoms with E-state index in [-0.39, 0.29) is 0 Å². The summed E-state index contributed by atoms with van der Waals surface area (Å²) in [6, 6.07) is 5.18. The van der Waals surface area contributed by atoms with Crippen LogP contribution in [0.1, 0.15) is 6.42 Å². The number of anilines is 1. The van der Waals surface area contributed by atoms with Crippen molar-refractivity contribution in [1.29, 1.82) is 0 Å². The summed E-state index contributed by atoms with van der Waals surface area (Å²) in [7, 11) is -0.261. The lowest BCUT2D eigenvalue weighted by atomic mass is 10.3. The minimum absolute atomic E-state index is 0.344. The molecule has 102 valence electrons. The molecule has 18 heavy (non-hydrogen) atoms. The topological polar surface area (TPSA) is 61.4 Å². The summed E-state index contributed by atoms with van der Waals surface area (Å²) in [5, 5.41) is 2.95. The summed E-state index contributed by atoms with van der Waals surface area (Å²) in [6.07, 6.45) is 0.720. The second-order valence-corrected chi connectivity index (χ2v) is 5.67. The fourth-order valence-electron chi connectivity index (χ4n) is 1.34. The quantitative estimate of drug-likeness (QED) is 0.731. The smallest absolute Gasteiger partial charge is 0.301 e. The molecule has 0 amide bonds. The predicted molar refractivity (Wildman–Crippen MR) is 70.1 cm³/mol. The van der Waals surface area contributed by atoms with E-state index < -0.39 is 16.0 Å². The van der Waals surface area contributed by atoms with E-state index in [2.05, 4.69) is 10.0 Å². The molecular formula is C11H18FN3O2S. The monoisotopic (exact) mass is 275 g/mol. The Kier molecular flexibility index (Phi) is 5.52. The Morgan fingerprint density at radius 3 is 2.44 bits per heavy atom. The highest BCUT2D eigenvalue weighted by Crippen LogP contribution is 2.11. The van der Waals surface area contributed by atoms with Gasteiger partial charge in [0.15, 0.2) is 0 Å². The van der Waals surface area contributed by atoms with Crippen LogP contribution in [0.15, 0.2) is 24.3 Å². The number of hydrogen-bond donors (Lipinski definition) is 2. The first kappa shape index (κ1) is 14.9. The number of benzene rings is 1. The Hall–Kier alpha value is -1.18. The number of rotatable bonds is 7. The molecule has 1 aromatic rings. The highest BCUT2D eigenvalue weighted by atomic mass is 32.2. The Morgan fingerprint density at radius 2 is 1.89 bits per heavy atom. The van der Waals surface area contributed by atoms with Gasteiger partial charge < -0.3 is 5.32 Å². The minimum atomic E-state index is -3.57. The predicted octanol–water partition coefficient (Wildman–Crippen LogP) is 1.02. The highest BCUT2D eigenvalue weighted by molar-refractivity contribution is 7.90. The normalized spacial score (nSPS) is 11.8. The van der Waals surface area contributed by atoms with Crippen molar-refractivity contribution in [3.63, 3.8) is 0 Å². The molecule has 2 N–H and O–H groups in total. The van der Waals surface area contributed by atoms with E-state index in [1.165, 1.54) is 35.6 Å². The van der Waals surface area contributed by atoms with Gasteiger partial charge in [-0.25, -0.2) is 4.39 Å². The molecular weight excluding hydrogens is 257 g/mol. The third kappa shape index (κ3) is 4.59. The maximum absolute atomic E-state index is 12.7. The summed E-state index contributed by atoms with van der Waals surface area (Å²) in [4.78, 5) is 0. The second kappa shape index (κ2) is 6.67. The summed E-state index contributed by atoms with van der Waals surface area (Å²) < 4.78 is 40.1. The molecule has 0 radical (unpaired) electrons. The molecule has 0 aliphatic rings. The van der Waals surface area contributed by atoms with Crippen molar-refractivity contribution in [2.24, 2.45) is 0 Å². The fourth-order valence-corrected chi connectivity index (χ4v) is 2.30. The van der Waals surface area contributed by atoms with Gasteiger partial charge in [0.1, 0.15) is 5.82 Å². The third-order valence-electron chi connectivity index (χ3n) is 2.40. The lowest BCUT2D eigenvalue weighted by Crippen LogP contribution is -2.34. The summed E-state index contributed by atoms with van der Waals surface area (Å²) in [5.41, 5.74) is 0.344. The first-order valence-electron chi connectivity index (χ1n) is 5.60. The van der Waals surface area contributed by atoms with Gasteiger partial charge in [-0.3, -0.25) is 4.72 Å². The first-order chi connectivity index (χ1) is 8.45. The molecule has 0 saturated heterocycles. The molecule has 0 heterocycles. The fraction of sp³-hybridized carbons (Fsp3) is 0.455. The van der Waals surface area contributed by atoms with Crippen molar-refractivity contribution < 1.29 is 12.8 Å². The second-order valence-electron chi connectivity index (χ2n) is 3.89. The molecule has 0 fully saturated rings. The lowest BCUT2D eigenvalue weighted by molar-refractivity contribution is 0.462. The Balaban J connectivity index is 2.60. The number of nitrogens with one attached hydrogen (secondary N) is 2. The van der Waals surface area contributed by atoms with Gasteiger partial charge in [0.2, 0.25) is 0 Å². The van der Waals surface area contributed by atoms with Gasteiger partial charge in [0.05, 0.1) is 0 Å². The summed E-state index contributed by atoms with van der Waals surface area (Å²) in [5.74, 6) is -0.402. The number of nitrogens with zero attached hydrogens (tertiary/aromatic N) is 1. The van der Waals surface area contributed by atoms with Crippen molar-refractivity contribution in [3.8, 4) is 0 Å². The van der Waals surface area contributed by atoms with Crippen molar-refractivity contribution in [2.45, 2.75) is 6.42 Å². The molecule has 0 aliphatic carbocycles. The maximum Gasteiger partial charge on any atom is 0.301 e. The van der Waals surface area contributed by atoms with E-state index in [4.69, 9.17) is 0 Å². The summed E-state index contributed by atoms with van der Waals surface area (Å²) in [6.45, 7) is 1.16. The highest BCUT2D eigenvalue weighted by Gasteiger charge is 2.16. The average Bonchev–Trinajstić information content (AvgIpc) is 2.32. The number of halogens is 1. The zero-order valence-electron chi connectivity index (χ0n) is 10.5. The van der Waals surface area contributed by atoms with Crippen LogP contribution in [0.2, 0.25) is 0 Å². The van der Waals surface area contributed by atoms with Crippen LogP contribution < -0.4 is 10.0 Å². The Labute approximate surface area is 107 Å². The van der Waals surface area contributed by atoms with E-state index in [0.29, 0.717) is 12.2 Å². The molecule has 1 aromatic carbocycles. The molecule has 0 saturated carbocycles. The number of hydrogen-bond acceptors (Lipinski definition) is 3. The standard InChI is InChI=1S/C11H18FN3O2S/c1-13-8-3-9-15(2)18(16,17)14-11-6-4-10(12)5-7-11/h4-7,13-14H,3,8-9H2,1-2H3. The molecule has 1 rings (SSSR count). The zero-order chi connectivity index (χ0) is 13.6. The van der Waals surface area contributed by atoms with Crippen LogP contribution >= 0.6 is 0 Å². The SMILES string of the molecule is CNCCCN(C)S(=O)(=O)Nc1ccc(F)cc1. The van der Waals surface area contributed by atoms with Crippen molar-refractivity contribution in [3.05, 3.63) is 30.1 Å². The summed E-state index contributed by atoms with van der Waals surface area (Å²) >= 11 is 0. The molecule has 0 unspecified atom stereocenters. The van der Waals surface area contributed by atoms with Crippen molar-refractivity contribution in [1.82, 2.24) is 9.62 Å². The van der Waals surface area contributed by atoms with Gasteiger partial charge in [-0.15, -0.1) is 0 Å². The Morgan fingerprint density at radius 1 is 1.28 bits per heavy atom. The molecule has 0 spiro atoms. The third-order valence-corrected chi connectivity index (χ3v) is 3.90. The van der Waals surface area contributed by atoms with Gasteiger partial charge in [0, 0.05) is 19.3 Å². The van der Waals surface area contributed by atoms with Crippen molar-refractivity contribution >= 4 is 15.9 Å². The van der Waals surface area contributed by atoms with E-state index in [1.807, 2.05) is 7.05 Å². The maximum atomic E-state index is 12.7. The average molecular weight is 275 g/mol. The van der Waals surface area contributed by atoms with Crippen LogP contribution in [0.25, 0.3) is 0 Å². The minimum Gasteiger partial charge on any atom is -0.320 e. The lowest BCUT2D eigenvalue weighted by Gasteiger charge is -2.18.